The Morgan fingerprint density at radius 2 is 1.95 bits per heavy atom. The first-order chi connectivity index (χ1) is 9.98. The molecule has 2 heterocycles. The van der Waals surface area contributed by atoms with Crippen molar-refractivity contribution in [2.75, 3.05) is 13.1 Å². The average molecular weight is 332 g/mol. The second-order valence-electron chi connectivity index (χ2n) is 4.41. The molecule has 1 aliphatic rings. The molecule has 0 aliphatic carbocycles. The summed E-state index contributed by atoms with van der Waals surface area (Å²) in [7, 11) is -4.19. The molecule has 2 aromatic rings. The summed E-state index contributed by atoms with van der Waals surface area (Å²) in [6, 6.07) is 2.95. The number of aromatic nitrogens is 1. The first-order valence-electron chi connectivity index (χ1n) is 5.99. The second kappa shape index (κ2) is 5.32. The van der Waals surface area contributed by atoms with Gasteiger partial charge >= 0.3 is 0 Å². The Hall–Kier alpha value is -1.58. The van der Waals surface area contributed by atoms with Gasteiger partial charge in [-0.3, -0.25) is 0 Å². The summed E-state index contributed by atoms with van der Waals surface area (Å²) in [6.45, 7) is 0.0748. The highest BCUT2D eigenvalue weighted by Gasteiger charge is 2.41. The van der Waals surface area contributed by atoms with Crippen LogP contribution in [-0.4, -0.2) is 36.9 Å². The van der Waals surface area contributed by atoms with E-state index in [2.05, 4.69) is 4.98 Å². The molecule has 1 aromatic heterocycles. The van der Waals surface area contributed by atoms with Crippen molar-refractivity contribution in [2.24, 2.45) is 0 Å². The molecule has 1 fully saturated rings. The van der Waals surface area contributed by atoms with Crippen LogP contribution in [0.25, 0.3) is 0 Å². The number of rotatable bonds is 4. The lowest BCUT2D eigenvalue weighted by atomic mass is 10.2. The Bertz CT molecular complexity index is 724. The van der Waals surface area contributed by atoms with Gasteiger partial charge in [-0.05, 0) is 12.1 Å². The van der Waals surface area contributed by atoms with Crippen LogP contribution in [0.5, 0.6) is 5.19 Å². The molecule has 1 saturated heterocycles. The van der Waals surface area contributed by atoms with Crippen LogP contribution in [0.15, 0.2) is 34.7 Å². The zero-order valence-electron chi connectivity index (χ0n) is 10.6. The van der Waals surface area contributed by atoms with E-state index >= 15 is 0 Å². The van der Waals surface area contributed by atoms with E-state index in [9.17, 15) is 17.2 Å². The smallest absolute Gasteiger partial charge is 0.273 e. The van der Waals surface area contributed by atoms with E-state index in [1.165, 1.54) is 11.3 Å². The summed E-state index contributed by atoms with van der Waals surface area (Å²) in [6.07, 6.45) is 1.21. The fraction of sp³-hybridized carbons (Fsp3) is 0.250. The molecule has 0 bridgehead atoms. The maximum Gasteiger partial charge on any atom is 0.273 e. The Kier molecular flexibility index (Phi) is 3.64. The van der Waals surface area contributed by atoms with Gasteiger partial charge in [0.15, 0.2) is 4.90 Å². The van der Waals surface area contributed by atoms with Crippen molar-refractivity contribution in [1.29, 1.82) is 0 Å². The van der Waals surface area contributed by atoms with Gasteiger partial charge in [-0.2, -0.15) is 4.31 Å². The van der Waals surface area contributed by atoms with E-state index in [1.54, 1.807) is 11.6 Å². The van der Waals surface area contributed by atoms with Gasteiger partial charge in [0.05, 0.1) is 13.1 Å². The van der Waals surface area contributed by atoms with Gasteiger partial charge in [0.2, 0.25) is 10.0 Å². The quantitative estimate of drug-likeness (QED) is 0.858. The Balaban J connectivity index is 1.73. The topological polar surface area (TPSA) is 59.5 Å². The third kappa shape index (κ3) is 2.63. The van der Waals surface area contributed by atoms with Crippen molar-refractivity contribution in [3.8, 4) is 5.19 Å². The molecule has 0 unspecified atom stereocenters. The van der Waals surface area contributed by atoms with E-state index in [0.717, 1.165) is 22.5 Å². The lowest BCUT2D eigenvalue weighted by molar-refractivity contribution is 0.0756. The van der Waals surface area contributed by atoms with Crippen LogP contribution in [0, 0.1) is 11.6 Å². The monoisotopic (exact) mass is 332 g/mol. The van der Waals surface area contributed by atoms with Crippen molar-refractivity contribution in [3.63, 3.8) is 0 Å². The number of ether oxygens (including phenoxy) is 1. The van der Waals surface area contributed by atoms with Gasteiger partial charge in [-0.15, -0.1) is 0 Å². The highest BCUT2D eigenvalue weighted by molar-refractivity contribution is 7.89. The van der Waals surface area contributed by atoms with Crippen LogP contribution in [0.2, 0.25) is 0 Å². The minimum absolute atomic E-state index is 0.0374. The Morgan fingerprint density at radius 1 is 1.29 bits per heavy atom. The lowest BCUT2D eigenvalue weighted by Gasteiger charge is -2.37. The average Bonchev–Trinajstić information content (AvgIpc) is 2.85. The van der Waals surface area contributed by atoms with Crippen molar-refractivity contribution in [2.45, 2.75) is 11.0 Å². The summed E-state index contributed by atoms with van der Waals surface area (Å²) in [4.78, 5) is 3.00. The van der Waals surface area contributed by atoms with Gasteiger partial charge in [0, 0.05) is 11.6 Å². The van der Waals surface area contributed by atoms with E-state index in [1.807, 2.05) is 0 Å². The zero-order chi connectivity index (χ0) is 15.0. The molecule has 5 nitrogen and oxygen atoms in total. The van der Waals surface area contributed by atoms with Crippen molar-refractivity contribution in [1.82, 2.24) is 9.29 Å². The number of nitrogens with zero attached hydrogens (tertiary/aromatic N) is 2. The van der Waals surface area contributed by atoms with E-state index in [4.69, 9.17) is 4.74 Å². The maximum absolute atomic E-state index is 13.6. The summed E-state index contributed by atoms with van der Waals surface area (Å²) in [5.41, 5.74) is 0. The lowest BCUT2D eigenvalue weighted by Crippen LogP contribution is -2.56. The molecule has 112 valence electrons. The third-order valence-electron chi connectivity index (χ3n) is 3.01. The minimum Gasteiger partial charge on any atom is -0.464 e. The summed E-state index contributed by atoms with van der Waals surface area (Å²) in [5, 5.41) is 2.17. The molecule has 0 amide bonds. The molecule has 0 saturated carbocycles. The number of thiazole rings is 1. The molecule has 3 rings (SSSR count). The molecule has 1 aliphatic heterocycles. The molecule has 21 heavy (non-hydrogen) atoms. The fourth-order valence-corrected chi connectivity index (χ4v) is 4.10. The minimum atomic E-state index is -4.19. The predicted molar refractivity (Wildman–Crippen MR) is 71.6 cm³/mol. The van der Waals surface area contributed by atoms with Crippen LogP contribution >= 0.6 is 11.3 Å². The zero-order valence-corrected chi connectivity index (χ0v) is 12.2. The Labute approximate surface area is 123 Å². The number of hydrogen-bond donors (Lipinski definition) is 0. The fourth-order valence-electron chi connectivity index (χ4n) is 1.94. The largest absolute Gasteiger partial charge is 0.464 e. The van der Waals surface area contributed by atoms with Crippen LogP contribution in [0.1, 0.15) is 0 Å². The molecule has 0 atom stereocenters. The summed E-state index contributed by atoms with van der Waals surface area (Å²) >= 11 is 1.29. The maximum atomic E-state index is 13.6. The van der Waals surface area contributed by atoms with Crippen molar-refractivity contribution >= 4 is 21.4 Å². The molecule has 0 radical (unpaired) electrons. The third-order valence-corrected chi connectivity index (χ3v) is 5.55. The SMILES string of the molecule is O=S(=O)(c1c(F)cccc1F)N1CC(Oc2nccs2)C1. The first-order valence-corrected chi connectivity index (χ1v) is 8.31. The van der Waals surface area contributed by atoms with Crippen LogP contribution in [0.4, 0.5) is 8.78 Å². The van der Waals surface area contributed by atoms with Crippen LogP contribution in [-0.2, 0) is 10.0 Å². The number of sulfonamides is 1. The number of benzene rings is 1. The van der Waals surface area contributed by atoms with Crippen LogP contribution in [0.3, 0.4) is 0 Å². The summed E-state index contributed by atoms with van der Waals surface area (Å²) < 4.78 is 57.9. The van der Waals surface area contributed by atoms with E-state index < -0.39 is 26.6 Å². The second-order valence-corrected chi connectivity index (χ2v) is 7.14. The van der Waals surface area contributed by atoms with Crippen LogP contribution < -0.4 is 4.74 Å². The first kappa shape index (κ1) is 14.4. The van der Waals surface area contributed by atoms with Gasteiger partial charge in [0.25, 0.3) is 5.19 Å². The molecular weight excluding hydrogens is 322 g/mol. The Morgan fingerprint density at radius 3 is 2.52 bits per heavy atom. The molecule has 1 aromatic carbocycles. The normalized spacial score (nSPS) is 16.7. The van der Waals surface area contributed by atoms with Gasteiger partial charge in [-0.25, -0.2) is 22.2 Å². The van der Waals surface area contributed by atoms with Gasteiger partial charge in [-0.1, -0.05) is 17.4 Å². The van der Waals surface area contributed by atoms with Gasteiger partial charge in [0.1, 0.15) is 17.7 Å². The highest BCUT2D eigenvalue weighted by Crippen LogP contribution is 2.28. The standard InChI is InChI=1S/C12H10F2N2O3S2/c13-9-2-1-3-10(14)11(9)21(17,18)16-6-8(7-16)19-12-15-4-5-20-12/h1-5,8H,6-7H2. The van der Waals surface area contributed by atoms with E-state index in [0.29, 0.717) is 5.19 Å². The molecule has 0 spiro atoms. The van der Waals surface area contributed by atoms with Crippen molar-refractivity contribution < 1.29 is 21.9 Å². The number of hydrogen-bond acceptors (Lipinski definition) is 5. The molecule has 9 heteroatoms. The van der Waals surface area contributed by atoms with Gasteiger partial charge < -0.3 is 4.74 Å². The number of halogens is 2. The van der Waals surface area contributed by atoms with E-state index in [-0.39, 0.29) is 19.2 Å². The molecule has 0 N–H and O–H groups in total. The highest BCUT2D eigenvalue weighted by atomic mass is 32.2. The molecular formula is C12H10F2N2O3S2. The predicted octanol–water partition coefficient (Wildman–Crippen LogP) is 1.87. The summed E-state index contributed by atoms with van der Waals surface area (Å²) in [5.74, 6) is -2.20. The van der Waals surface area contributed by atoms with Crippen molar-refractivity contribution in [3.05, 3.63) is 41.4 Å².